The number of fused-ring (bicyclic) bond motifs is 1. The van der Waals surface area contributed by atoms with Gasteiger partial charge in [-0.25, -0.2) is 4.79 Å². The Labute approximate surface area is 163 Å². The quantitative estimate of drug-likeness (QED) is 0.608. The van der Waals surface area contributed by atoms with E-state index >= 15 is 0 Å². The Morgan fingerprint density at radius 3 is 2.78 bits per heavy atom. The van der Waals surface area contributed by atoms with Gasteiger partial charge in [-0.05, 0) is 35.4 Å². The highest BCUT2D eigenvalue weighted by molar-refractivity contribution is 7.10. The van der Waals surface area contributed by atoms with E-state index in [9.17, 15) is 9.59 Å². The number of carboxylic acids is 1. The first-order valence-corrected chi connectivity index (χ1v) is 10.1. The van der Waals surface area contributed by atoms with Crippen LogP contribution in [0.5, 0.6) is 0 Å². The summed E-state index contributed by atoms with van der Waals surface area (Å²) in [5.41, 5.74) is 2.56. The van der Waals surface area contributed by atoms with Crippen LogP contribution in [0.4, 0.5) is 4.79 Å². The van der Waals surface area contributed by atoms with Crippen LogP contribution in [0, 0.1) is 0 Å². The number of nitrogens with one attached hydrogen (secondary N) is 2. The monoisotopic (exact) mass is 387 g/mol. The van der Waals surface area contributed by atoms with E-state index < -0.39 is 5.97 Å². The van der Waals surface area contributed by atoms with E-state index in [1.807, 2.05) is 29.5 Å². The number of urea groups is 1. The average Bonchev–Trinajstić information content (AvgIpc) is 3.14. The van der Waals surface area contributed by atoms with Gasteiger partial charge in [0.1, 0.15) is 0 Å². The molecule has 3 rings (SSSR count). The normalized spacial score (nSPS) is 15.0. The SMILES string of the molecule is O=C(O)CCCNC(=O)NCC(c1ccccc1)N1CCc2sccc2C1. The van der Waals surface area contributed by atoms with Gasteiger partial charge in [0, 0.05) is 37.5 Å². The maximum Gasteiger partial charge on any atom is 0.314 e. The summed E-state index contributed by atoms with van der Waals surface area (Å²) in [4.78, 5) is 26.5. The first-order chi connectivity index (χ1) is 13.1. The number of thiophene rings is 1. The summed E-state index contributed by atoms with van der Waals surface area (Å²) < 4.78 is 0. The fourth-order valence-electron chi connectivity index (χ4n) is 3.36. The van der Waals surface area contributed by atoms with Crippen molar-refractivity contribution in [1.29, 1.82) is 0 Å². The Morgan fingerprint density at radius 2 is 2.00 bits per heavy atom. The third kappa shape index (κ3) is 5.55. The molecule has 0 saturated carbocycles. The molecule has 2 amide bonds. The van der Waals surface area contributed by atoms with E-state index in [4.69, 9.17) is 5.11 Å². The summed E-state index contributed by atoms with van der Waals surface area (Å²) in [7, 11) is 0. The number of nitrogens with zero attached hydrogens (tertiary/aromatic N) is 1. The van der Waals surface area contributed by atoms with Crippen LogP contribution < -0.4 is 10.6 Å². The maximum absolute atomic E-state index is 12.1. The zero-order chi connectivity index (χ0) is 19.1. The van der Waals surface area contributed by atoms with Crippen molar-refractivity contribution in [2.45, 2.75) is 31.8 Å². The van der Waals surface area contributed by atoms with Gasteiger partial charge in [0.2, 0.25) is 0 Å². The van der Waals surface area contributed by atoms with Gasteiger partial charge in [0.15, 0.2) is 0 Å². The lowest BCUT2D eigenvalue weighted by Gasteiger charge is -2.35. The second-order valence-electron chi connectivity index (χ2n) is 6.65. The van der Waals surface area contributed by atoms with E-state index in [0.717, 1.165) is 19.5 Å². The van der Waals surface area contributed by atoms with Gasteiger partial charge in [0.25, 0.3) is 0 Å². The zero-order valence-corrected chi connectivity index (χ0v) is 16.0. The van der Waals surface area contributed by atoms with Crippen molar-refractivity contribution in [3.63, 3.8) is 0 Å². The Hall–Kier alpha value is -2.38. The van der Waals surface area contributed by atoms with Crippen molar-refractivity contribution >= 4 is 23.3 Å². The summed E-state index contributed by atoms with van der Waals surface area (Å²) in [6.45, 7) is 2.72. The predicted molar refractivity (Wildman–Crippen MR) is 106 cm³/mol. The number of benzene rings is 1. The van der Waals surface area contributed by atoms with E-state index in [-0.39, 0.29) is 18.5 Å². The molecule has 2 aromatic rings. The highest BCUT2D eigenvalue weighted by Gasteiger charge is 2.25. The molecule has 1 aliphatic rings. The number of rotatable bonds is 8. The molecule has 0 radical (unpaired) electrons. The average molecular weight is 388 g/mol. The molecule has 0 spiro atoms. The van der Waals surface area contributed by atoms with Crippen LogP contribution in [-0.2, 0) is 17.8 Å². The summed E-state index contributed by atoms with van der Waals surface area (Å²) in [5, 5.41) is 16.5. The molecule has 2 heterocycles. The predicted octanol–water partition coefficient (Wildman–Crippen LogP) is 3.01. The standard InChI is InChI=1S/C20H25N3O3S/c24-19(25)7-4-10-21-20(26)22-13-17(15-5-2-1-3-6-15)23-11-8-18-16(14-23)9-12-27-18/h1-3,5-6,9,12,17H,4,7-8,10-11,13-14H2,(H,24,25)(H2,21,22,26). The smallest absolute Gasteiger partial charge is 0.314 e. The third-order valence-electron chi connectivity index (χ3n) is 4.77. The van der Waals surface area contributed by atoms with Crippen LogP contribution in [0.1, 0.15) is 34.9 Å². The molecular formula is C20H25N3O3S. The van der Waals surface area contributed by atoms with E-state index in [1.54, 1.807) is 0 Å². The Bertz CT molecular complexity index is 763. The number of carboxylic acid groups (broad SMARTS) is 1. The third-order valence-corrected chi connectivity index (χ3v) is 5.79. The first kappa shape index (κ1) is 19.4. The van der Waals surface area contributed by atoms with Crippen LogP contribution >= 0.6 is 11.3 Å². The molecule has 3 N–H and O–H groups in total. The molecular weight excluding hydrogens is 362 g/mol. The number of carbonyl (C=O) groups is 2. The summed E-state index contributed by atoms with van der Waals surface area (Å²) in [6, 6.07) is 12.3. The molecule has 1 atom stereocenters. The molecule has 0 bridgehead atoms. The molecule has 144 valence electrons. The van der Waals surface area contributed by atoms with E-state index in [2.05, 4.69) is 39.1 Å². The minimum Gasteiger partial charge on any atom is -0.481 e. The minimum atomic E-state index is -0.848. The molecule has 6 nitrogen and oxygen atoms in total. The van der Waals surface area contributed by atoms with Crippen molar-refractivity contribution in [2.24, 2.45) is 0 Å². The molecule has 0 saturated heterocycles. The van der Waals surface area contributed by atoms with E-state index in [1.165, 1.54) is 16.0 Å². The number of amides is 2. The van der Waals surface area contributed by atoms with Crippen molar-refractivity contribution in [3.8, 4) is 0 Å². The fourth-order valence-corrected chi connectivity index (χ4v) is 4.25. The van der Waals surface area contributed by atoms with Crippen LogP contribution in [0.25, 0.3) is 0 Å². The second-order valence-corrected chi connectivity index (χ2v) is 7.65. The molecule has 27 heavy (non-hydrogen) atoms. The van der Waals surface area contributed by atoms with Crippen LogP contribution in [0.2, 0.25) is 0 Å². The number of hydrogen-bond acceptors (Lipinski definition) is 4. The fraction of sp³-hybridized carbons (Fsp3) is 0.400. The molecule has 7 heteroatoms. The van der Waals surface area contributed by atoms with Gasteiger partial charge in [-0.15, -0.1) is 11.3 Å². The lowest BCUT2D eigenvalue weighted by atomic mass is 10.0. The number of carbonyl (C=O) groups excluding carboxylic acids is 1. The molecule has 0 fully saturated rings. The van der Waals surface area contributed by atoms with Crippen molar-refractivity contribution in [3.05, 3.63) is 57.8 Å². The van der Waals surface area contributed by atoms with Gasteiger partial charge >= 0.3 is 12.0 Å². The summed E-state index contributed by atoms with van der Waals surface area (Å²) in [5.74, 6) is -0.848. The second kappa shape index (κ2) is 9.53. The highest BCUT2D eigenvalue weighted by atomic mass is 32.1. The topological polar surface area (TPSA) is 81.7 Å². The molecule has 1 aliphatic heterocycles. The summed E-state index contributed by atoms with van der Waals surface area (Å²) >= 11 is 1.82. The van der Waals surface area contributed by atoms with Gasteiger partial charge in [-0.2, -0.15) is 0 Å². The van der Waals surface area contributed by atoms with Gasteiger partial charge in [-0.3, -0.25) is 9.69 Å². The van der Waals surface area contributed by atoms with E-state index in [0.29, 0.717) is 19.5 Å². The lowest BCUT2D eigenvalue weighted by Crippen LogP contribution is -2.43. The number of aliphatic carboxylic acids is 1. The number of hydrogen-bond donors (Lipinski definition) is 3. The molecule has 1 aromatic carbocycles. The first-order valence-electron chi connectivity index (χ1n) is 9.21. The van der Waals surface area contributed by atoms with Gasteiger partial charge in [-0.1, -0.05) is 30.3 Å². The van der Waals surface area contributed by atoms with Gasteiger partial charge < -0.3 is 15.7 Å². The summed E-state index contributed by atoms with van der Waals surface area (Å²) in [6.07, 6.45) is 1.53. The minimum absolute atomic E-state index is 0.0592. The van der Waals surface area contributed by atoms with Crippen LogP contribution in [-0.4, -0.2) is 41.6 Å². The van der Waals surface area contributed by atoms with Gasteiger partial charge in [0.05, 0.1) is 6.04 Å². The molecule has 1 aromatic heterocycles. The Balaban J connectivity index is 1.58. The lowest BCUT2D eigenvalue weighted by molar-refractivity contribution is -0.137. The Morgan fingerprint density at radius 1 is 1.19 bits per heavy atom. The van der Waals surface area contributed by atoms with Crippen molar-refractivity contribution in [1.82, 2.24) is 15.5 Å². The molecule has 0 aliphatic carbocycles. The van der Waals surface area contributed by atoms with Crippen LogP contribution in [0.3, 0.4) is 0 Å². The van der Waals surface area contributed by atoms with Crippen molar-refractivity contribution < 1.29 is 14.7 Å². The zero-order valence-electron chi connectivity index (χ0n) is 15.2. The Kier molecular flexibility index (Phi) is 6.84. The molecule has 1 unspecified atom stereocenters. The highest BCUT2D eigenvalue weighted by Crippen LogP contribution is 2.30. The van der Waals surface area contributed by atoms with Crippen molar-refractivity contribution in [2.75, 3.05) is 19.6 Å². The van der Waals surface area contributed by atoms with Crippen LogP contribution in [0.15, 0.2) is 41.8 Å². The largest absolute Gasteiger partial charge is 0.481 e. The maximum atomic E-state index is 12.1.